The molecule has 0 bridgehead atoms. The third kappa shape index (κ3) is 5.04. The van der Waals surface area contributed by atoms with Gasteiger partial charge in [0.15, 0.2) is 5.78 Å². The van der Waals surface area contributed by atoms with Crippen molar-refractivity contribution in [2.75, 3.05) is 24.5 Å². The van der Waals surface area contributed by atoms with Crippen LogP contribution in [0.25, 0.3) is 0 Å². The highest BCUT2D eigenvalue weighted by atomic mass is 19.1. The molecule has 1 aliphatic heterocycles. The summed E-state index contributed by atoms with van der Waals surface area (Å²) in [4.78, 5) is 29.0. The maximum atomic E-state index is 13.0. The molecule has 1 unspecified atom stereocenters. The second-order valence-electron chi connectivity index (χ2n) is 7.23. The summed E-state index contributed by atoms with van der Waals surface area (Å²) >= 11 is 0. The molecule has 0 radical (unpaired) electrons. The Morgan fingerprint density at radius 3 is 2.50 bits per heavy atom. The number of Topliss-reactive ketones (excluding diaryl/α,β-unsaturated/α-hetero) is 1. The minimum atomic E-state index is -0.329. The molecule has 0 aromatic heterocycles. The largest absolute Gasteiger partial charge is 0.308 e. The second kappa shape index (κ2) is 9.60. The Bertz CT molecular complexity index is 792. The van der Waals surface area contributed by atoms with Gasteiger partial charge < -0.3 is 9.80 Å². The monoisotopic (exact) mass is 382 g/mol. The van der Waals surface area contributed by atoms with Crippen LogP contribution in [-0.4, -0.2) is 42.3 Å². The molecule has 0 aliphatic carbocycles. The molecule has 28 heavy (non-hydrogen) atoms. The van der Waals surface area contributed by atoms with E-state index in [1.54, 1.807) is 0 Å². The number of amides is 1. The molecule has 1 atom stereocenters. The first-order valence-corrected chi connectivity index (χ1v) is 9.96. The number of halogens is 1. The van der Waals surface area contributed by atoms with E-state index in [9.17, 15) is 14.0 Å². The molecule has 4 nitrogen and oxygen atoms in total. The first kappa shape index (κ1) is 20.2. The highest BCUT2D eigenvalue weighted by Gasteiger charge is 2.30. The van der Waals surface area contributed by atoms with E-state index in [1.807, 2.05) is 42.2 Å². The summed E-state index contributed by atoms with van der Waals surface area (Å²) in [6, 6.07) is 15.7. The number of carbonyl (C=O) groups is 2. The van der Waals surface area contributed by atoms with E-state index in [2.05, 4.69) is 4.90 Å². The highest BCUT2D eigenvalue weighted by Crippen LogP contribution is 2.24. The van der Waals surface area contributed by atoms with E-state index in [1.165, 1.54) is 24.3 Å². The minimum Gasteiger partial charge on any atom is -0.308 e. The van der Waals surface area contributed by atoms with E-state index in [0.717, 1.165) is 38.2 Å². The molecule has 1 aliphatic rings. The number of ketones is 1. The first-order valence-electron chi connectivity index (χ1n) is 9.96. The molecule has 1 saturated heterocycles. The summed E-state index contributed by atoms with van der Waals surface area (Å²) in [5.41, 5.74) is 1.51. The lowest BCUT2D eigenvalue weighted by Crippen LogP contribution is -2.42. The van der Waals surface area contributed by atoms with Crippen LogP contribution in [0.3, 0.4) is 0 Å². The predicted molar refractivity (Wildman–Crippen MR) is 109 cm³/mol. The molecule has 0 spiro atoms. The molecule has 2 aromatic carbocycles. The third-order valence-corrected chi connectivity index (χ3v) is 5.26. The molecular formula is C23H27FN2O2. The number of hydrogen-bond acceptors (Lipinski definition) is 3. The number of benzene rings is 2. The summed E-state index contributed by atoms with van der Waals surface area (Å²) in [5, 5.41) is 0. The van der Waals surface area contributed by atoms with Crippen molar-refractivity contribution in [1.29, 1.82) is 0 Å². The molecule has 1 fully saturated rings. The van der Waals surface area contributed by atoms with Crippen LogP contribution in [0.5, 0.6) is 0 Å². The Hall–Kier alpha value is -2.53. The molecule has 0 saturated carbocycles. The normalized spacial score (nSPS) is 16.9. The topological polar surface area (TPSA) is 40.6 Å². The highest BCUT2D eigenvalue weighted by molar-refractivity contribution is 5.96. The van der Waals surface area contributed by atoms with Crippen LogP contribution in [0, 0.1) is 5.82 Å². The van der Waals surface area contributed by atoms with Crippen molar-refractivity contribution in [2.24, 2.45) is 0 Å². The fraction of sp³-hybridized carbons (Fsp3) is 0.391. The molecular weight excluding hydrogens is 355 g/mol. The quantitative estimate of drug-likeness (QED) is 0.639. The van der Waals surface area contributed by atoms with E-state index in [4.69, 9.17) is 0 Å². The Morgan fingerprint density at radius 2 is 1.82 bits per heavy atom. The molecule has 2 aromatic rings. The standard InChI is InChI=1S/C23H27FN2O2/c1-2-23(28)26(20-7-4-3-5-8-20)21-14-16-25(17-21)15-6-9-22(27)18-10-12-19(24)13-11-18/h3-5,7-8,10-13,21H,2,6,9,14-17H2,1H3. The van der Waals surface area contributed by atoms with Crippen LogP contribution in [0.4, 0.5) is 10.1 Å². The van der Waals surface area contributed by atoms with E-state index >= 15 is 0 Å². The molecule has 1 heterocycles. The first-order chi connectivity index (χ1) is 13.6. The number of nitrogens with zero attached hydrogens (tertiary/aromatic N) is 2. The molecule has 0 N–H and O–H groups in total. The average Bonchev–Trinajstić information content (AvgIpc) is 3.17. The lowest BCUT2D eigenvalue weighted by molar-refractivity contribution is -0.118. The van der Waals surface area contributed by atoms with Crippen LogP contribution in [0.15, 0.2) is 54.6 Å². The van der Waals surface area contributed by atoms with Gasteiger partial charge in [-0.3, -0.25) is 9.59 Å². The fourth-order valence-electron chi connectivity index (χ4n) is 3.79. The van der Waals surface area contributed by atoms with Crippen LogP contribution in [-0.2, 0) is 4.79 Å². The van der Waals surface area contributed by atoms with Gasteiger partial charge in [-0.2, -0.15) is 0 Å². The minimum absolute atomic E-state index is 0.0443. The van der Waals surface area contributed by atoms with Crippen molar-refractivity contribution in [2.45, 2.75) is 38.6 Å². The van der Waals surface area contributed by atoms with E-state index in [-0.39, 0.29) is 23.5 Å². The van der Waals surface area contributed by atoms with Gasteiger partial charge in [0, 0.05) is 37.2 Å². The van der Waals surface area contributed by atoms with Gasteiger partial charge in [0.1, 0.15) is 5.82 Å². The zero-order chi connectivity index (χ0) is 19.9. The Labute approximate surface area is 166 Å². The Morgan fingerprint density at radius 1 is 1.11 bits per heavy atom. The zero-order valence-corrected chi connectivity index (χ0v) is 16.3. The summed E-state index contributed by atoms with van der Waals surface area (Å²) in [5.74, 6) is -0.142. The number of carbonyl (C=O) groups excluding carboxylic acids is 2. The summed E-state index contributed by atoms with van der Waals surface area (Å²) < 4.78 is 13.0. The lowest BCUT2D eigenvalue weighted by atomic mass is 10.1. The van der Waals surface area contributed by atoms with Gasteiger partial charge in [-0.25, -0.2) is 4.39 Å². The Balaban J connectivity index is 1.52. The maximum absolute atomic E-state index is 13.0. The zero-order valence-electron chi connectivity index (χ0n) is 16.3. The molecule has 3 rings (SSSR count). The predicted octanol–water partition coefficient (Wildman–Crippen LogP) is 4.31. The van der Waals surface area contributed by atoms with Crippen molar-refractivity contribution in [3.8, 4) is 0 Å². The summed E-state index contributed by atoms with van der Waals surface area (Å²) in [6.07, 6.45) is 2.63. The summed E-state index contributed by atoms with van der Waals surface area (Å²) in [7, 11) is 0. The van der Waals surface area contributed by atoms with E-state index in [0.29, 0.717) is 18.4 Å². The SMILES string of the molecule is CCC(=O)N(c1ccccc1)C1CCN(CCCC(=O)c2ccc(F)cc2)C1. The maximum Gasteiger partial charge on any atom is 0.227 e. The van der Waals surface area contributed by atoms with Gasteiger partial charge in [-0.15, -0.1) is 0 Å². The van der Waals surface area contributed by atoms with Gasteiger partial charge in [-0.05, 0) is 55.8 Å². The van der Waals surface area contributed by atoms with Crippen molar-refractivity contribution in [1.82, 2.24) is 4.90 Å². The number of anilines is 1. The third-order valence-electron chi connectivity index (χ3n) is 5.26. The number of para-hydroxylation sites is 1. The van der Waals surface area contributed by atoms with Crippen LogP contribution in [0.1, 0.15) is 43.0 Å². The van der Waals surface area contributed by atoms with Crippen LogP contribution >= 0.6 is 0 Å². The van der Waals surface area contributed by atoms with Gasteiger partial charge in [0.2, 0.25) is 5.91 Å². The number of likely N-dealkylation sites (tertiary alicyclic amines) is 1. The second-order valence-corrected chi connectivity index (χ2v) is 7.23. The average molecular weight is 382 g/mol. The van der Waals surface area contributed by atoms with Crippen molar-refractivity contribution < 1.29 is 14.0 Å². The lowest BCUT2D eigenvalue weighted by Gasteiger charge is -2.29. The number of rotatable bonds is 8. The molecule has 5 heteroatoms. The van der Waals surface area contributed by atoms with Crippen molar-refractivity contribution in [3.63, 3.8) is 0 Å². The Kier molecular flexibility index (Phi) is 6.93. The number of hydrogen-bond donors (Lipinski definition) is 0. The van der Waals surface area contributed by atoms with Crippen molar-refractivity contribution >= 4 is 17.4 Å². The van der Waals surface area contributed by atoms with Gasteiger partial charge in [-0.1, -0.05) is 25.1 Å². The summed E-state index contributed by atoms with van der Waals surface area (Å²) in [6.45, 7) is 4.47. The molecule has 148 valence electrons. The smallest absolute Gasteiger partial charge is 0.227 e. The fourth-order valence-corrected chi connectivity index (χ4v) is 3.79. The van der Waals surface area contributed by atoms with Gasteiger partial charge in [0.25, 0.3) is 0 Å². The van der Waals surface area contributed by atoms with Crippen LogP contribution in [0.2, 0.25) is 0 Å². The van der Waals surface area contributed by atoms with Crippen molar-refractivity contribution in [3.05, 3.63) is 66.0 Å². The molecule has 1 amide bonds. The van der Waals surface area contributed by atoms with Crippen LogP contribution < -0.4 is 4.90 Å². The van der Waals surface area contributed by atoms with E-state index < -0.39 is 0 Å². The van der Waals surface area contributed by atoms with Gasteiger partial charge >= 0.3 is 0 Å². The van der Waals surface area contributed by atoms with Gasteiger partial charge in [0.05, 0.1) is 6.04 Å².